The molecule has 0 aliphatic rings. The van der Waals surface area contributed by atoms with Crippen LogP contribution in [-0.2, 0) is 0 Å². The van der Waals surface area contributed by atoms with Gasteiger partial charge in [0.05, 0.1) is 16.7 Å². The van der Waals surface area contributed by atoms with Crippen LogP contribution in [0, 0.1) is 6.92 Å². The molecule has 0 amide bonds. The van der Waals surface area contributed by atoms with Crippen molar-refractivity contribution < 1.29 is 0 Å². The van der Waals surface area contributed by atoms with Crippen LogP contribution in [0.1, 0.15) is 5.56 Å². The summed E-state index contributed by atoms with van der Waals surface area (Å²) < 4.78 is 2.21. The Morgan fingerprint density at radius 1 is 0.692 bits per heavy atom. The maximum absolute atomic E-state index is 4.58. The van der Waals surface area contributed by atoms with Crippen LogP contribution in [0.3, 0.4) is 0 Å². The van der Waals surface area contributed by atoms with E-state index in [1.54, 1.807) is 6.33 Å². The molecule has 0 bridgehead atoms. The van der Waals surface area contributed by atoms with Gasteiger partial charge in [0.2, 0.25) is 0 Å². The van der Waals surface area contributed by atoms with Gasteiger partial charge in [-0.2, -0.15) is 0 Å². The maximum Gasteiger partial charge on any atom is 0.141 e. The Hall–Kier alpha value is -3.46. The number of nitrogens with zero attached hydrogens (tertiary/aromatic N) is 3. The summed E-state index contributed by atoms with van der Waals surface area (Å²) in [5, 5.41) is 2.47. The van der Waals surface area contributed by atoms with Gasteiger partial charge in [-0.3, -0.25) is 4.57 Å². The van der Waals surface area contributed by atoms with Crippen LogP contribution in [-0.4, -0.2) is 14.5 Å². The third-order valence-corrected chi connectivity index (χ3v) is 4.78. The van der Waals surface area contributed by atoms with Gasteiger partial charge in [-0.05, 0) is 25.1 Å². The van der Waals surface area contributed by atoms with E-state index in [4.69, 9.17) is 0 Å². The zero-order chi connectivity index (χ0) is 17.5. The molecule has 5 rings (SSSR count). The Kier molecular flexibility index (Phi) is 3.32. The molecule has 0 radical (unpaired) electrons. The lowest BCUT2D eigenvalue weighted by Crippen LogP contribution is -1.99. The van der Waals surface area contributed by atoms with Crippen LogP contribution in [0.25, 0.3) is 38.9 Å². The predicted molar refractivity (Wildman–Crippen MR) is 107 cm³/mol. The second kappa shape index (κ2) is 5.81. The van der Waals surface area contributed by atoms with E-state index in [0.717, 1.165) is 28.1 Å². The van der Waals surface area contributed by atoms with Crippen LogP contribution in [0.15, 0.2) is 85.2 Å². The van der Waals surface area contributed by atoms with Crippen LogP contribution >= 0.6 is 0 Å². The molecule has 0 aliphatic heterocycles. The number of hydrogen-bond acceptors (Lipinski definition) is 2. The van der Waals surface area contributed by atoms with E-state index in [-0.39, 0.29) is 0 Å². The van der Waals surface area contributed by atoms with Crippen molar-refractivity contribution >= 4 is 21.8 Å². The lowest BCUT2D eigenvalue weighted by molar-refractivity contribution is 1.04. The average molecular weight is 335 g/mol. The quantitative estimate of drug-likeness (QED) is 0.423. The van der Waals surface area contributed by atoms with Gasteiger partial charge in [-0.25, -0.2) is 9.97 Å². The van der Waals surface area contributed by atoms with Crippen LogP contribution in [0.2, 0.25) is 0 Å². The van der Waals surface area contributed by atoms with E-state index in [2.05, 4.69) is 100 Å². The van der Waals surface area contributed by atoms with E-state index in [9.17, 15) is 0 Å². The number of rotatable bonds is 2. The molecule has 2 aromatic heterocycles. The molecule has 0 atom stereocenters. The van der Waals surface area contributed by atoms with Crippen molar-refractivity contribution in [2.75, 3.05) is 0 Å². The number of hydrogen-bond donors (Lipinski definition) is 0. The summed E-state index contributed by atoms with van der Waals surface area (Å²) in [5.74, 6) is 0.883. The zero-order valence-electron chi connectivity index (χ0n) is 14.4. The second-order valence-corrected chi connectivity index (χ2v) is 6.50. The molecule has 0 saturated carbocycles. The Bertz CT molecular complexity index is 1200. The van der Waals surface area contributed by atoms with Crippen LogP contribution < -0.4 is 0 Å². The summed E-state index contributed by atoms with van der Waals surface area (Å²) in [5.41, 5.74) is 5.57. The molecule has 0 fully saturated rings. The molecule has 3 nitrogen and oxygen atoms in total. The predicted octanol–water partition coefficient (Wildman–Crippen LogP) is 5.55. The summed E-state index contributed by atoms with van der Waals surface area (Å²) in [6, 6.07) is 27.4. The van der Waals surface area contributed by atoms with Crippen molar-refractivity contribution in [3.63, 3.8) is 0 Å². The van der Waals surface area contributed by atoms with Crippen molar-refractivity contribution in [1.82, 2.24) is 14.5 Å². The first-order valence-electron chi connectivity index (χ1n) is 8.69. The SMILES string of the molecule is Cc1cccc(-c2cc(-n3c4ccccc4c4ccccc43)ncn2)c1. The molecular formula is C23H17N3. The van der Waals surface area contributed by atoms with Crippen LogP contribution in [0.5, 0.6) is 0 Å². The van der Waals surface area contributed by atoms with Crippen LogP contribution in [0.4, 0.5) is 0 Å². The molecule has 0 spiro atoms. The lowest BCUT2D eigenvalue weighted by atomic mass is 10.1. The molecule has 3 heteroatoms. The zero-order valence-corrected chi connectivity index (χ0v) is 14.4. The third kappa shape index (κ3) is 2.29. The second-order valence-electron chi connectivity index (χ2n) is 6.50. The minimum atomic E-state index is 0.883. The first-order chi connectivity index (χ1) is 12.8. The fourth-order valence-electron chi connectivity index (χ4n) is 3.60. The Balaban J connectivity index is 1.79. The smallest absolute Gasteiger partial charge is 0.141 e. The van der Waals surface area contributed by atoms with Gasteiger partial charge in [0.25, 0.3) is 0 Å². The van der Waals surface area contributed by atoms with Gasteiger partial charge in [-0.15, -0.1) is 0 Å². The molecule has 3 aromatic carbocycles. The topological polar surface area (TPSA) is 30.7 Å². The molecular weight excluding hydrogens is 318 g/mol. The number of aryl methyl sites for hydroxylation is 1. The number of para-hydroxylation sites is 2. The third-order valence-electron chi connectivity index (χ3n) is 4.78. The number of benzene rings is 3. The van der Waals surface area contributed by atoms with E-state index in [0.29, 0.717) is 0 Å². The van der Waals surface area contributed by atoms with Crippen molar-refractivity contribution in [3.8, 4) is 17.1 Å². The fraction of sp³-hybridized carbons (Fsp3) is 0.0435. The fourth-order valence-corrected chi connectivity index (χ4v) is 3.60. The Labute approximate surface area is 151 Å². The molecule has 5 aromatic rings. The Morgan fingerprint density at radius 3 is 2.08 bits per heavy atom. The highest BCUT2D eigenvalue weighted by molar-refractivity contribution is 6.09. The first kappa shape index (κ1) is 14.8. The lowest BCUT2D eigenvalue weighted by Gasteiger charge is -2.08. The normalized spacial score (nSPS) is 11.3. The molecule has 0 N–H and O–H groups in total. The highest BCUT2D eigenvalue weighted by Crippen LogP contribution is 2.31. The highest BCUT2D eigenvalue weighted by Gasteiger charge is 2.13. The summed E-state index contributed by atoms with van der Waals surface area (Å²) in [6.07, 6.45) is 1.65. The minimum Gasteiger partial charge on any atom is -0.294 e. The van der Waals surface area contributed by atoms with Gasteiger partial charge in [-0.1, -0.05) is 60.2 Å². The van der Waals surface area contributed by atoms with Gasteiger partial charge in [0, 0.05) is 22.4 Å². The van der Waals surface area contributed by atoms with Crippen molar-refractivity contribution in [3.05, 3.63) is 90.8 Å². The standard InChI is InChI=1S/C23H17N3/c1-16-7-6-8-17(13-16)20-14-23(25-15-24-20)26-21-11-4-2-9-18(21)19-10-3-5-12-22(19)26/h2-15H,1H3. The molecule has 124 valence electrons. The summed E-state index contributed by atoms with van der Waals surface area (Å²) in [7, 11) is 0. The summed E-state index contributed by atoms with van der Waals surface area (Å²) in [4.78, 5) is 9.08. The maximum atomic E-state index is 4.58. The number of aromatic nitrogens is 3. The van der Waals surface area contributed by atoms with Gasteiger partial charge < -0.3 is 0 Å². The molecule has 0 unspecified atom stereocenters. The van der Waals surface area contributed by atoms with Crippen molar-refractivity contribution in [2.45, 2.75) is 6.92 Å². The highest BCUT2D eigenvalue weighted by atomic mass is 15.1. The van der Waals surface area contributed by atoms with Gasteiger partial charge >= 0.3 is 0 Å². The van der Waals surface area contributed by atoms with Gasteiger partial charge in [0.1, 0.15) is 12.1 Å². The van der Waals surface area contributed by atoms with Crippen molar-refractivity contribution in [1.29, 1.82) is 0 Å². The van der Waals surface area contributed by atoms with E-state index < -0.39 is 0 Å². The monoisotopic (exact) mass is 335 g/mol. The van der Waals surface area contributed by atoms with E-state index in [1.165, 1.54) is 16.3 Å². The number of fused-ring (bicyclic) bond motifs is 3. The van der Waals surface area contributed by atoms with E-state index >= 15 is 0 Å². The average Bonchev–Trinajstić information content (AvgIpc) is 3.03. The van der Waals surface area contributed by atoms with Gasteiger partial charge in [0.15, 0.2) is 0 Å². The first-order valence-corrected chi connectivity index (χ1v) is 8.69. The largest absolute Gasteiger partial charge is 0.294 e. The summed E-state index contributed by atoms with van der Waals surface area (Å²) in [6.45, 7) is 2.10. The summed E-state index contributed by atoms with van der Waals surface area (Å²) >= 11 is 0. The molecule has 0 saturated heterocycles. The molecule has 2 heterocycles. The van der Waals surface area contributed by atoms with Crippen molar-refractivity contribution in [2.24, 2.45) is 0 Å². The van der Waals surface area contributed by atoms with E-state index in [1.807, 2.05) is 0 Å². The molecule has 0 aliphatic carbocycles. The molecule has 26 heavy (non-hydrogen) atoms. The Morgan fingerprint density at radius 2 is 1.38 bits per heavy atom. The minimum absolute atomic E-state index is 0.883.